The molecular formula is C13H20BrN3. The van der Waals surface area contributed by atoms with Crippen molar-refractivity contribution >= 4 is 15.9 Å². The number of halogens is 1. The summed E-state index contributed by atoms with van der Waals surface area (Å²) in [5, 5.41) is 8.18. The molecule has 0 N–H and O–H groups in total. The van der Waals surface area contributed by atoms with E-state index in [9.17, 15) is 0 Å². The van der Waals surface area contributed by atoms with Crippen LogP contribution in [0.25, 0.3) is 0 Å². The van der Waals surface area contributed by atoms with Gasteiger partial charge in [0.1, 0.15) is 0 Å². The van der Waals surface area contributed by atoms with Gasteiger partial charge in [-0.1, -0.05) is 0 Å². The van der Waals surface area contributed by atoms with E-state index in [-0.39, 0.29) is 0 Å². The van der Waals surface area contributed by atoms with Crippen LogP contribution in [0.15, 0.2) is 16.7 Å². The highest BCUT2D eigenvalue weighted by Crippen LogP contribution is 2.22. The quantitative estimate of drug-likeness (QED) is 0.859. The van der Waals surface area contributed by atoms with Crippen LogP contribution in [0.4, 0.5) is 0 Å². The van der Waals surface area contributed by atoms with Crippen LogP contribution in [0.3, 0.4) is 0 Å². The standard InChI is InChI=1S/C13H20BrN3/c1-10(2)17-5-3-11(4-6-17)7-13-8-12(14)9-15-16-13/h8-11H,3-7H2,1-2H3. The summed E-state index contributed by atoms with van der Waals surface area (Å²) >= 11 is 3.44. The maximum atomic E-state index is 4.19. The number of aromatic nitrogens is 2. The van der Waals surface area contributed by atoms with Crippen LogP contribution in [-0.4, -0.2) is 34.2 Å². The Morgan fingerprint density at radius 2 is 2.12 bits per heavy atom. The normalized spacial score (nSPS) is 18.8. The van der Waals surface area contributed by atoms with Crippen molar-refractivity contribution in [1.82, 2.24) is 15.1 Å². The number of piperidine rings is 1. The largest absolute Gasteiger partial charge is 0.301 e. The highest BCUT2D eigenvalue weighted by atomic mass is 79.9. The van der Waals surface area contributed by atoms with E-state index in [1.54, 1.807) is 6.20 Å². The second-order valence-electron chi connectivity index (χ2n) is 5.14. The van der Waals surface area contributed by atoms with Gasteiger partial charge in [0.2, 0.25) is 0 Å². The third kappa shape index (κ3) is 3.75. The fourth-order valence-electron chi connectivity index (χ4n) is 2.45. The molecule has 0 amide bonds. The molecule has 1 aliphatic rings. The zero-order chi connectivity index (χ0) is 12.3. The molecule has 3 nitrogen and oxygen atoms in total. The molecule has 1 aromatic heterocycles. The van der Waals surface area contributed by atoms with Gasteiger partial charge in [0.15, 0.2) is 0 Å². The Kier molecular flexibility index (Phi) is 4.51. The molecule has 0 unspecified atom stereocenters. The lowest BCUT2D eigenvalue weighted by Gasteiger charge is -2.34. The Balaban J connectivity index is 1.86. The Labute approximate surface area is 112 Å². The predicted molar refractivity (Wildman–Crippen MR) is 72.9 cm³/mol. The third-order valence-electron chi connectivity index (χ3n) is 3.55. The number of rotatable bonds is 3. The van der Waals surface area contributed by atoms with Crippen molar-refractivity contribution in [1.29, 1.82) is 0 Å². The van der Waals surface area contributed by atoms with Crippen LogP contribution in [0.1, 0.15) is 32.4 Å². The first-order chi connectivity index (χ1) is 8.15. The van der Waals surface area contributed by atoms with Gasteiger partial charge in [0.25, 0.3) is 0 Å². The van der Waals surface area contributed by atoms with Gasteiger partial charge in [0, 0.05) is 10.5 Å². The molecule has 0 aliphatic carbocycles. The van der Waals surface area contributed by atoms with E-state index >= 15 is 0 Å². The topological polar surface area (TPSA) is 29.0 Å². The van der Waals surface area contributed by atoms with E-state index in [0.717, 1.165) is 22.5 Å². The minimum atomic E-state index is 0.682. The highest BCUT2D eigenvalue weighted by molar-refractivity contribution is 9.10. The molecule has 0 atom stereocenters. The highest BCUT2D eigenvalue weighted by Gasteiger charge is 2.21. The lowest BCUT2D eigenvalue weighted by Crippen LogP contribution is -2.38. The molecule has 0 radical (unpaired) electrons. The molecule has 0 bridgehead atoms. The maximum absolute atomic E-state index is 4.19. The van der Waals surface area contributed by atoms with Crippen LogP contribution >= 0.6 is 15.9 Å². The predicted octanol–water partition coefficient (Wildman–Crippen LogP) is 2.90. The minimum Gasteiger partial charge on any atom is -0.301 e. The minimum absolute atomic E-state index is 0.682. The zero-order valence-electron chi connectivity index (χ0n) is 10.6. The molecule has 0 saturated carbocycles. The van der Waals surface area contributed by atoms with Crippen molar-refractivity contribution in [3.05, 3.63) is 22.4 Å². The van der Waals surface area contributed by atoms with E-state index < -0.39 is 0 Å². The second kappa shape index (κ2) is 5.91. The molecule has 1 fully saturated rings. The van der Waals surface area contributed by atoms with Crippen molar-refractivity contribution in [2.45, 2.75) is 39.2 Å². The number of nitrogens with zero attached hydrogens (tertiary/aromatic N) is 3. The molecule has 2 rings (SSSR count). The fraction of sp³-hybridized carbons (Fsp3) is 0.692. The molecule has 1 aromatic rings. The molecule has 1 aliphatic heterocycles. The second-order valence-corrected chi connectivity index (χ2v) is 6.06. The number of likely N-dealkylation sites (tertiary alicyclic amines) is 1. The summed E-state index contributed by atoms with van der Waals surface area (Å²) in [5.41, 5.74) is 1.11. The lowest BCUT2D eigenvalue weighted by molar-refractivity contribution is 0.149. The first-order valence-corrected chi connectivity index (χ1v) is 7.15. The average molecular weight is 298 g/mol. The van der Waals surface area contributed by atoms with E-state index in [0.29, 0.717) is 6.04 Å². The van der Waals surface area contributed by atoms with Gasteiger partial charge in [-0.3, -0.25) is 0 Å². The van der Waals surface area contributed by atoms with Crippen molar-refractivity contribution in [2.24, 2.45) is 5.92 Å². The third-order valence-corrected chi connectivity index (χ3v) is 3.98. The average Bonchev–Trinajstić information content (AvgIpc) is 2.29. The Bertz CT molecular complexity index is 359. The van der Waals surface area contributed by atoms with E-state index in [4.69, 9.17) is 0 Å². The molecule has 17 heavy (non-hydrogen) atoms. The van der Waals surface area contributed by atoms with Crippen LogP contribution in [-0.2, 0) is 6.42 Å². The van der Waals surface area contributed by atoms with Crippen LogP contribution in [0.2, 0.25) is 0 Å². The summed E-state index contributed by atoms with van der Waals surface area (Å²) in [6.07, 6.45) is 5.38. The van der Waals surface area contributed by atoms with Gasteiger partial charge >= 0.3 is 0 Å². The van der Waals surface area contributed by atoms with Crippen molar-refractivity contribution < 1.29 is 0 Å². The van der Waals surface area contributed by atoms with Gasteiger partial charge in [-0.05, 0) is 74.1 Å². The first-order valence-electron chi connectivity index (χ1n) is 6.36. The summed E-state index contributed by atoms with van der Waals surface area (Å²) < 4.78 is 1.03. The van der Waals surface area contributed by atoms with Crippen LogP contribution in [0.5, 0.6) is 0 Å². The SMILES string of the molecule is CC(C)N1CCC(Cc2cc(Br)cnn2)CC1. The summed E-state index contributed by atoms with van der Waals surface area (Å²) in [7, 11) is 0. The van der Waals surface area contributed by atoms with Gasteiger partial charge in [-0.25, -0.2) is 0 Å². The lowest BCUT2D eigenvalue weighted by atomic mass is 9.91. The molecular weight excluding hydrogens is 278 g/mol. The Hall–Kier alpha value is -0.480. The van der Waals surface area contributed by atoms with Crippen molar-refractivity contribution in [3.8, 4) is 0 Å². The van der Waals surface area contributed by atoms with Gasteiger partial charge in [-0.2, -0.15) is 10.2 Å². The monoisotopic (exact) mass is 297 g/mol. The number of hydrogen-bond acceptors (Lipinski definition) is 3. The van der Waals surface area contributed by atoms with Gasteiger partial charge < -0.3 is 4.90 Å². The molecule has 1 saturated heterocycles. The van der Waals surface area contributed by atoms with E-state index in [1.807, 2.05) is 0 Å². The Morgan fingerprint density at radius 1 is 1.41 bits per heavy atom. The van der Waals surface area contributed by atoms with Gasteiger partial charge in [0.05, 0.1) is 11.9 Å². The summed E-state index contributed by atoms with van der Waals surface area (Å²) in [6.45, 7) is 7.01. The molecule has 0 spiro atoms. The van der Waals surface area contributed by atoms with Crippen LogP contribution in [0, 0.1) is 5.92 Å². The molecule has 4 heteroatoms. The maximum Gasteiger partial charge on any atom is 0.0645 e. The van der Waals surface area contributed by atoms with E-state index in [2.05, 4.69) is 50.9 Å². The van der Waals surface area contributed by atoms with Crippen molar-refractivity contribution in [3.63, 3.8) is 0 Å². The summed E-state index contributed by atoms with van der Waals surface area (Å²) in [5.74, 6) is 0.772. The molecule has 2 heterocycles. The summed E-state index contributed by atoms with van der Waals surface area (Å²) in [6, 6.07) is 2.77. The van der Waals surface area contributed by atoms with Crippen molar-refractivity contribution in [2.75, 3.05) is 13.1 Å². The Morgan fingerprint density at radius 3 is 2.71 bits per heavy atom. The van der Waals surface area contributed by atoms with E-state index in [1.165, 1.54) is 25.9 Å². The molecule has 0 aromatic carbocycles. The number of hydrogen-bond donors (Lipinski definition) is 0. The summed E-state index contributed by atoms with van der Waals surface area (Å²) in [4.78, 5) is 2.56. The van der Waals surface area contributed by atoms with Gasteiger partial charge in [-0.15, -0.1) is 0 Å². The first kappa shape index (κ1) is 13.0. The van der Waals surface area contributed by atoms with Crippen LogP contribution < -0.4 is 0 Å². The smallest absolute Gasteiger partial charge is 0.0645 e. The molecule has 94 valence electrons. The fourth-order valence-corrected chi connectivity index (χ4v) is 2.81. The zero-order valence-corrected chi connectivity index (χ0v) is 12.2.